The van der Waals surface area contributed by atoms with Gasteiger partial charge in [0.15, 0.2) is 0 Å². The Balaban J connectivity index is 2.05. The van der Waals surface area contributed by atoms with Crippen molar-refractivity contribution in [3.05, 3.63) is 41.5 Å². The van der Waals surface area contributed by atoms with Crippen LogP contribution in [0.1, 0.15) is 30.4 Å². The number of aromatic amines is 1. The molecule has 1 aromatic heterocycles. The molecule has 2 aromatic rings. The van der Waals surface area contributed by atoms with Crippen molar-refractivity contribution in [2.45, 2.75) is 33.7 Å². The lowest BCUT2D eigenvalue weighted by atomic mass is 10.2. The number of aromatic nitrogens is 2. The van der Waals surface area contributed by atoms with E-state index in [4.69, 9.17) is 4.74 Å². The van der Waals surface area contributed by atoms with Gasteiger partial charge in [0.05, 0.1) is 30.7 Å². The van der Waals surface area contributed by atoms with Crippen molar-refractivity contribution in [3.63, 3.8) is 0 Å². The number of nitrogens with zero attached hydrogens (tertiary/aromatic N) is 1. The summed E-state index contributed by atoms with van der Waals surface area (Å²) in [5, 5.41) is 3.38. The number of rotatable bonds is 6. The third kappa shape index (κ3) is 3.74. The second-order valence-electron chi connectivity index (χ2n) is 4.70. The molecular formula is C15H21N3O. The van der Waals surface area contributed by atoms with Crippen LogP contribution in [0.3, 0.4) is 0 Å². The number of nitrogens with one attached hydrogen (secondary N) is 2. The highest BCUT2D eigenvalue weighted by molar-refractivity contribution is 5.57. The maximum Gasteiger partial charge on any atom is 0.142 e. The summed E-state index contributed by atoms with van der Waals surface area (Å²) in [6.45, 7) is 7.58. The molecule has 0 bridgehead atoms. The molecule has 19 heavy (non-hydrogen) atoms. The van der Waals surface area contributed by atoms with Crippen LogP contribution >= 0.6 is 0 Å². The summed E-state index contributed by atoms with van der Waals surface area (Å²) in [6.07, 6.45) is 2.86. The lowest BCUT2D eigenvalue weighted by Gasteiger charge is -2.13. The molecule has 0 spiro atoms. The molecule has 4 heteroatoms. The fraction of sp³-hybridized carbons (Fsp3) is 0.400. The van der Waals surface area contributed by atoms with Gasteiger partial charge in [0.1, 0.15) is 11.6 Å². The summed E-state index contributed by atoms with van der Waals surface area (Å²) in [6, 6.07) is 6.21. The molecular weight excluding hydrogens is 238 g/mol. The van der Waals surface area contributed by atoms with Gasteiger partial charge >= 0.3 is 0 Å². The van der Waals surface area contributed by atoms with Crippen molar-refractivity contribution in [3.8, 4) is 5.75 Å². The summed E-state index contributed by atoms with van der Waals surface area (Å²) in [5.74, 6) is 1.85. The zero-order valence-electron chi connectivity index (χ0n) is 11.8. The molecule has 0 unspecified atom stereocenters. The van der Waals surface area contributed by atoms with Crippen molar-refractivity contribution in [2.75, 3.05) is 11.9 Å². The van der Waals surface area contributed by atoms with Gasteiger partial charge in [-0.25, -0.2) is 4.98 Å². The Morgan fingerprint density at radius 3 is 2.84 bits per heavy atom. The van der Waals surface area contributed by atoms with Crippen molar-refractivity contribution in [1.29, 1.82) is 0 Å². The van der Waals surface area contributed by atoms with Gasteiger partial charge in [0, 0.05) is 0 Å². The molecule has 2 rings (SSSR count). The van der Waals surface area contributed by atoms with E-state index in [1.54, 1.807) is 0 Å². The maximum absolute atomic E-state index is 5.77. The van der Waals surface area contributed by atoms with Crippen LogP contribution in [0, 0.1) is 13.8 Å². The van der Waals surface area contributed by atoms with E-state index in [9.17, 15) is 0 Å². The number of hydrogen-bond donors (Lipinski definition) is 2. The monoisotopic (exact) mass is 259 g/mol. The van der Waals surface area contributed by atoms with E-state index in [-0.39, 0.29) is 0 Å². The zero-order valence-corrected chi connectivity index (χ0v) is 11.8. The minimum Gasteiger partial charge on any atom is -0.491 e. The molecule has 0 amide bonds. The lowest BCUT2D eigenvalue weighted by Crippen LogP contribution is -2.04. The van der Waals surface area contributed by atoms with Gasteiger partial charge < -0.3 is 15.0 Å². The summed E-state index contributed by atoms with van der Waals surface area (Å²) in [7, 11) is 0. The molecule has 0 saturated carbocycles. The summed E-state index contributed by atoms with van der Waals surface area (Å²) in [5.41, 5.74) is 3.29. The predicted octanol–water partition coefficient (Wildman–Crippen LogP) is 3.43. The maximum atomic E-state index is 5.77. The first kappa shape index (κ1) is 13.5. The van der Waals surface area contributed by atoms with Gasteiger partial charge in [-0.15, -0.1) is 0 Å². The first-order valence-electron chi connectivity index (χ1n) is 6.67. The molecule has 1 heterocycles. The van der Waals surface area contributed by atoms with Crippen LogP contribution in [-0.4, -0.2) is 16.6 Å². The Bertz CT molecular complexity index is 534. The van der Waals surface area contributed by atoms with Gasteiger partial charge in [0.2, 0.25) is 0 Å². The molecule has 0 aliphatic rings. The Morgan fingerprint density at radius 1 is 1.32 bits per heavy atom. The standard InChI is InChI=1S/C15H21N3O/c1-4-7-19-15-8-11(2)5-6-14(15)17-10-13-9-16-12(3)18-13/h5-6,8-9,17H,4,7,10H2,1-3H3,(H,16,18). The third-order valence-electron chi connectivity index (χ3n) is 2.82. The largest absolute Gasteiger partial charge is 0.491 e. The fourth-order valence-electron chi connectivity index (χ4n) is 1.86. The van der Waals surface area contributed by atoms with Crippen molar-refractivity contribution >= 4 is 5.69 Å². The number of hydrogen-bond acceptors (Lipinski definition) is 3. The van der Waals surface area contributed by atoms with E-state index in [0.717, 1.165) is 36.0 Å². The van der Waals surface area contributed by atoms with Crippen LogP contribution in [0.5, 0.6) is 5.75 Å². The Hall–Kier alpha value is -1.97. The highest BCUT2D eigenvalue weighted by Crippen LogP contribution is 2.26. The van der Waals surface area contributed by atoms with E-state index >= 15 is 0 Å². The van der Waals surface area contributed by atoms with Crippen molar-refractivity contribution in [1.82, 2.24) is 9.97 Å². The lowest BCUT2D eigenvalue weighted by molar-refractivity contribution is 0.318. The quantitative estimate of drug-likeness (QED) is 0.835. The van der Waals surface area contributed by atoms with E-state index in [0.29, 0.717) is 6.54 Å². The van der Waals surface area contributed by atoms with Gasteiger partial charge in [-0.05, 0) is 38.0 Å². The molecule has 0 radical (unpaired) electrons. The summed E-state index contributed by atoms with van der Waals surface area (Å²) >= 11 is 0. The molecule has 102 valence electrons. The smallest absolute Gasteiger partial charge is 0.142 e. The SMILES string of the molecule is CCCOc1cc(C)ccc1NCc1cnc(C)[nH]1. The molecule has 2 N–H and O–H groups in total. The van der Waals surface area contributed by atoms with Gasteiger partial charge in [0.25, 0.3) is 0 Å². The number of aryl methyl sites for hydroxylation is 2. The Kier molecular flexibility index (Phi) is 4.44. The normalized spacial score (nSPS) is 10.5. The van der Waals surface area contributed by atoms with Crippen LogP contribution < -0.4 is 10.1 Å². The topological polar surface area (TPSA) is 49.9 Å². The van der Waals surface area contributed by atoms with E-state index in [1.165, 1.54) is 5.56 Å². The number of imidazole rings is 1. The van der Waals surface area contributed by atoms with E-state index in [1.807, 2.05) is 13.1 Å². The van der Waals surface area contributed by atoms with Crippen LogP contribution in [0.15, 0.2) is 24.4 Å². The first-order valence-corrected chi connectivity index (χ1v) is 6.67. The molecule has 0 fully saturated rings. The first-order chi connectivity index (χ1) is 9.19. The predicted molar refractivity (Wildman–Crippen MR) is 77.6 cm³/mol. The molecule has 0 saturated heterocycles. The van der Waals surface area contributed by atoms with E-state index in [2.05, 4.69) is 47.3 Å². The minimum atomic E-state index is 0.715. The van der Waals surface area contributed by atoms with Crippen molar-refractivity contribution in [2.24, 2.45) is 0 Å². The second kappa shape index (κ2) is 6.27. The van der Waals surface area contributed by atoms with Crippen LogP contribution in [0.25, 0.3) is 0 Å². The van der Waals surface area contributed by atoms with E-state index < -0.39 is 0 Å². The summed E-state index contributed by atoms with van der Waals surface area (Å²) in [4.78, 5) is 7.39. The highest BCUT2D eigenvalue weighted by atomic mass is 16.5. The number of H-pyrrole nitrogens is 1. The fourth-order valence-corrected chi connectivity index (χ4v) is 1.86. The molecule has 4 nitrogen and oxygen atoms in total. The molecule has 0 aliphatic heterocycles. The van der Waals surface area contributed by atoms with Crippen LogP contribution in [0.4, 0.5) is 5.69 Å². The van der Waals surface area contributed by atoms with Crippen LogP contribution in [-0.2, 0) is 6.54 Å². The average molecular weight is 259 g/mol. The average Bonchev–Trinajstić information content (AvgIpc) is 2.81. The summed E-state index contributed by atoms with van der Waals surface area (Å²) < 4.78 is 5.77. The van der Waals surface area contributed by atoms with Crippen molar-refractivity contribution < 1.29 is 4.74 Å². The number of anilines is 1. The second-order valence-corrected chi connectivity index (χ2v) is 4.70. The Morgan fingerprint density at radius 2 is 2.16 bits per heavy atom. The third-order valence-corrected chi connectivity index (χ3v) is 2.82. The minimum absolute atomic E-state index is 0.715. The zero-order chi connectivity index (χ0) is 13.7. The highest BCUT2D eigenvalue weighted by Gasteiger charge is 2.04. The number of benzene rings is 1. The van der Waals surface area contributed by atoms with Crippen LogP contribution in [0.2, 0.25) is 0 Å². The number of ether oxygens (including phenoxy) is 1. The van der Waals surface area contributed by atoms with Gasteiger partial charge in [-0.2, -0.15) is 0 Å². The molecule has 1 aromatic carbocycles. The van der Waals surface area contributed by atoms with Gasteiger partial charge in [-0.3, -0.25) is 0 Å². The van der Waals surface area contributed by atoms with Gasteiger partial charge in [-0.1, -0.05) is 13.0 Å². The molecule has 0 aliphatic carbocycles. The Labute approximate surface area is 114 Å². The molecule has 0 atom stereocenters.